The fourth-order valence-electron chi connectivity index (χ4n) is 1.65. The van der Waals surface area contributed by atoms with Crippen LogP contribution in [0.25, 0.3) is 17.0 Å². The van der Waals surface area contributed by atoms with Crippen LogP contribution in [0.5, 0.6) is 0 Å². The third kappa shape index (κ3) is 1.87. The number of aromatic nitrogens is 4. The fraction of sp³-hybridized carbons (Fsp3) is 0.0833. The van der Waals surface area contributed by atoms with Gasteiger partial charge in [-0.25, -0.2) is 14.5 Å². The van der Waals surface area contributed by atoms with Crippen molar-refractivity contribution < 1.29 is 0 Å². The highest BCUT2D eigenvalue weighted by atomic mass is 35.5. The maximum atomic E-state index is 5.79. The largest absolute Gasteiger partial charge is 0.240 e. The van der Waals surface area contributed by atoms with Gasteiger partial charge in [-0.05, 0) is 23.8 Å². The lowest BCUT2D eigenvalue weighted by Gasteiger charge is -1.95. The van der Waals surface area contributed by atoms with Crippen LogP contribution in [0.1, 0.15) is 5.56 Å². The first-order valence-corrected chi connectivity index (χ1v) is 5.72. The van der Waals surface area contributed by atoms with E-state index in [2.05, 4.69) is 15.1 Å². The first-order valence-electron chi connectivity index (χ1n) is 5.18. The molecule has 0 spiro atoms. The average molecular weight is 245 g/mol. The molecule has 0 atom stereocenters. The van der Waals surface area contributed by atoms with Gasteiger partial charge in [0, 0.05) is 24.5 Å². The van der Waals surface area contributed by atoms with Crippen LogP contribution in [-0.2, 0) is 5.88 Å². The van der Waals surface area contributed by atoms with E-state index in [1.54, 1.807) is 23.0 Å². The molecule has 0 bridgehead atoms. The summed E-state index contributed by atoms with van der Waals surface area (Å²) in [6.07, 6.45) is 5.32. The molecule has 84 valence electrons. The number of alkyl halides is 1. The Bertz CT molecular complexity index is 648. The maximum Gasteiger partial charge on any atom is 0.180 e. The number of pyridine rings is 1. The first kappa shape index (κ1) is 10.2. The summed E-state index contributed by atoms with van der Waals surface area (Å²) in [6.45, 7) is 0. The predicted octanol–water partition coefficient (Wildman–Crippen LogP) is 2.53. The topological polar surface area (TPSA) is 43.1 Å². The normalized spacial score (nSPS) is 10.9. The molecule has 3 aromatic rings. The molecule has 3 aromatic heterocycles. The van der Waals surface area contributed by atoms with Crippen molar-refractivity contribution in [2.45, 2.75) is 5.88 Å². The molecule has 0 aliphatic rings. The molecule has 0 aromatic carbocycles. The number of halogens is 1. The van der Waals surface area contributed by atoms with Crippen LogP contribution in [0.3, 0.4) is 0 Å². The number of hydrogen-bond donors (Lipinski definition) is 0. The van der Waals surface area contributed by atoms with Crippen LogP contribution < -0.4 is 0 Å². The predicted molar refractivity (Wildman–Crippen MR) is 65.8 cm³/mol. The van der Waals surface area contributed by atoms with E-state index in [4.69, 9.17) is 11.6 Å². The lowest BCUT2D eigenvalue weighted by atomic mass is 10.3. The molecule has 0 N–H and O–H groups in total. The summed E-state index contributed by atoms with van der Waals surface area (Å²) in [5, 5.41) is 4.42. The van der Waals surface area contributed by atoms with Gasteiger partial charge in [-0.2, -0.15) is 5.10 Å². The second-order valence-corrected chi connectivity index (χ2v) is 3.91. The Kier molecular flexibility index (Phi) is 2.49. The molecule has 0 aliphatic heterocycles. The summed E-state index contributed by atoms with van der Waals surface area (Å²) < 4.78 is 1.80. The third-order valence-corrected chi connectivity index (χ3v) is 2.78. The van der Waals surface area contributed by atoms with E-state index in [0.29, 0.717) is 11.7 Å². The Morgan fingerprint density at radius 1 is 1.18 bits per heavy atom. The second-order valence-electron chi connectivity index (χ2n) is 3.64. The van der Waals surface area contributed by atoms with Crippen molar-refractivity contribution in [2.75, 3.05) is 0 Å². The van der Waals surface area contributed by atoms with Crippen LogP contribution in [0.2, 0.25) is 0 Å². The molecule has 0 saturated heterocycles. The van der Waals surface area contributed by atoms with Crippen LogP contribution >= 0.6 is 11.6 Å². The smallest absolute Gasteiger partial charge is 0.180 e. The highest BCUT2D eigenvalue weighted by Gasteiger charge is 2.06. The van der Waals surface area contributed by atoms with E-state index >= 15 is 0 Å². The van der Waals surface area contributed by atoms with Crippen LogP contribution in [0, 0.1) is 0 Å². The zero-order valence-electron chi connectivity index (χ0n) is 8.92. The summed E-state index contributed by atoms with van der Waals surface area (Å²) in [6, 6.07) is 7.70. The molecule has 5 heteroatoms. The molecular weight excluding hydrogens is 236 g/mol. The summed E-state index contributed by atoms with van der Waals surface area (Å²) >= 11 is 5.79. The Hall–Kier alpha value is -1.94. The van der Waals surface area contributed by atoms with Gasteiger partial charge in [-0.3, -0.25) is 0 Å². The second kappa shape index (κ2) is 4.14. The van der Waals surface area contributed by atoms with Crippen LogP contribution in [0.4, 0.5) is 0 Å². The molecule has 0 amide bonds. The Labute approximate surface area is 103 Å². The quantitative estimate of drug-likeness (QED) is 0.651. The molecule has 0 aliphatic carbocycles. The monoisotopic (exact) mass is 244 g/mol. The minimum Gasteiger partial charge on any atom is -0.240 e. The van der Waals surface area contributed by atoms with Crippen molar-refractivity contribution in [1.29, 1.82) is 0 Å². The molecular formula is C12H9ClN4. The van der Waals surface area contributed by atoms with Crippen molar-refractivity contribution in [2.24, 2.45) is 0 Å². The molecule has 0 fully saturated rings. The summed E-state index contributed by atoms with van der Waals surface area (Å²) in [7, 11) is 0. The highest BCUT2D eigenvalue weighted by Crippen LogP contribution is 2.16. The minimum atomic E-state index is 0.479. The lowest BCUT2D eigenvalue weighted by molar-refractivity contribution is 0.944. The van der Waals surface area contributed by atoms with E-state index in [1.165, 1.54) is 0 Å². The highest BCUT2D eigenvalue weighted by molar-refractivity contribution is 6.17. The average Bonchev–Trinajstić information content (AvgIpc) is 2.82. The number of hydrogen-bond acceptors (Lipinski definition) is 3. The molecule has 3 heterocycles. The van der Waals surface area contributed by atoms with E-state index in [-0.39, 0.29) is 0 Å². The van der Waals surface area contributed by atoms with Crippen molar-refractivity contribution in [3.8, 4) is 11.5 Å². The lowest BCUT2D eigenvalue weighted by Crippen LogP contribution is -1.91. The zero-order valence-corrected chi connectivity index (χ0v) is 9.67. The van der Waals surface area contributed by atoms with Gasteiger partial charge in [-0.1, -0.05) is 6.07 Å². The van der Waals surface area contributed by atoms with Crippen LogP contribution in [0.15, 0.2) is 42.9 Å². The van der Waals surface area contributed by atoms with Gasteiger partial charge in [-0.15, -0.1) is 11.6 Å². The van der Waals surface area contributed by atoms with Gasteiger partial charge >= 0.3 is 0 Å². The van der Waals surface area contributed by atoms with E-state index in [1.807, 2.05) is 24.4 Å². The molecule has 0 unspecified atom stereocenters. The Morgan fingerprint density at radius 3 is 2.76 bits per heavy atom. The number of nitrogens with zero attached hydrogens (tertiary/aromatic N) is 4. The molecule has 3 rings (SSSR count). The van der Waals surface area contributed by atoms with E-state index in [0.717, 1.165) is 16.8 Å². The Morgan fingerprint density at radius 2 is 2.00 bits per heavy atom. The molecule has 0 saturated carbocycles. The minimum absolute atomic E-state index is 0.479. The van der Waals surface area contributed by atoms with Gasteiger partial charge < -0.3 is 0 Å². The van der Waals surface area contributed by atoms with Crippen molar-refractivity contribution in [1.82, 2.24) is 19.6 Å². The van der Waals surface area contributed by atoms with E-state index in [9.17, 15) is 0 Å². The Balaban J connectivity index is 2.14. The summed E-state index contributed by atoms with van der Waals surface area (Å²) in [5.74, 6) is 1.11. The molecule has 4 nitrogen and oxygen atoms in total. The fourth-order valence-corrected chi connectivity index (χ4v) is 1.81. The maximum absolute atomic E-state index is 5.79. The first-order chi connectivity index (χ1) is 8.36. The van der Waals surface area contributed by atoms with Crippen molar-refractivity contribution in [3.63, 3.8) is 0 Å². The number of fused-ring (bicyclic) bond motifs is 1. The van der Waals surface area contributed by atoms with Gasteiger partial charge in [0.05, 0.1) is 5.52 Å². The van der Waals surface area contributed by atoms with Crippen LogP contribution in [-0.4, -0.2) is 19.6 Å². The molecule has 0 radical (unpaired) electrons. The molecule has 17 heavy (non-hydrogen) atoms. The van der Waals surface area contributed by atoms with Gasteiger partial charge in [0.1, 0.15) is 5.69 Å². The summed E-state index contributed by atoms with van der Waals surface area (Å²) in [5.41, 5.74) is 2.79. The van der Waals surface area contributed by atoms with E-state index < -0.39 is 0 Å². The van der Waals surface area contributed by atoms with Gasteiger partial charge in [0.2, 0.25) is 0 Å². The number of rotatable bonds is 2. The third-order valence-electron chi connectivity index (χ3n) is 2.47. The van der Waals surface area contributed by atoms with Gasteiger partial charge in [0.25, 0.3) is 0 Å². The standard InChI is InChI=1S/C12H9ClN4/c13-7-9-2-3-10-6-11(16-17(10)8-9)12-14-4-1-5-15-12/h1-6,8H,7H2. The zero-order chi connectivity index (χ0) is 11.7. The van der Waals surface area contributed by atoms with Crippen molar-refractivity contribution >= 4 is 17.1 Å². The summed E-state index contributed by atoms with van der Waals surface area (Å²) in [4.78, 5) is 8.35. The SMILES string of the molecule is ClCc1ccc2cc(-c3ncccn3)nn2c1. The van der Waals surface area contributed by atoms with Gasteiger partial charge in [0.15, 0.2) is 5.82 Å². The van der Waals surface area contributed by atoms with Crippen molar-refractivity contribution in [3.05, 3.63) is 48.4 Å².